The molecule has 64 valence electrons. The highest BCUT2D eigenvalue weighted by molar-refractivity contribution is 4.95. The van der Waals surface area contributed by atoms with Crippen molar-refractivity contribution in [1.29, 1.82) is 0 Å². The average Bonchev–Trinajstić information content (AvgIpc) is 2.55. The molecule has 0 amide bonds. The molecular formula is C10H18O. The summed E-state index contributed by atoms with van der Waals surface area (Å²) >= 11 is 0. The van der Waals surface area contributed by atoms with Gasteiger partial charge in [-0.2, -0.15) is 0 Å². The molecule has 0 aliphatic heterocycles. The molecule has 2 saturated carbocycles. The van der Waals surface area contributed by atoms with Crippen LogP contribution >= 0.6 is 0 Å². The van der Waals surface area contributed by atoms with E-state index in [1.54, 1.807) is 0 Å². The van der Waals surface area contributed by atoms with Gasteiger partial charge in [0.15, 0.2) is 0 Å². The first-order valence-electron chi connectivity index (χ1n) is 5.26. The highest BCUT2D eigenvalue weighted by Gasteiger charge is 2.44. The molecule has 1 nitrogen and oxygen atoms in total. The van der Waals surface area contributed by atoms with Crippen LogP contribution < -0.4 is 0 Å². The Morgan fingerprint density at radius 1 is 1.55 bits per heavy atom. The molecule has 0 aromatic heterocycles. The summed E-state index contributed by atoms with van der Waals surface area (Å²) in [5.74, 6) is -0.0584. The lowest BCUT2D eigenvalue weighted by Gasteiger charge is -2.25. The van der Waals surface area contributed by atoms with Crippen molar-refractivity contribution in [3.05, 3.63) is 0 Å². The second-order valence-electron chi connectivity index (χ2n) is 4.06. The third-order valence-electron chi connectivity index (χ3n) is 3.26. The van der Waals surface area contributed by atoms with Gasteiger partial charge in [-0.3, -0.25) is 0 Å². The third kappa shape index (κ3) is 1.31. The van der Waals surface area contributed by atoms with E-state index in [1.807, 2.05) is 0 Å². The quantitative estimate of drug-likeness (QED) is 0.608. The van der Waals surface area contributed by atoms with Gasteiger partial charge in [0.2, 0.25) is 0 Å². The lowest BCUT2D eigenvalue weighted by Crippen LogP contribution is -2.21. The molecule has 2 rings (SSSR count). The zero-order valence-corrected chi connectivity index (χ0v) is 7.36. The molecule has 11 heavy (non-hydrogen) atoms. The van der Waals surface area contributed by atoms with Crippen molar-refractivity contribution in [2.24, 2.45) is 11.3 Å². The average molecular weight is 155 g/mol. The van der Waals surface area contributed by atoms with Gasteiger partial charge in [0, 0.05) is 7.98 Å². The van der Waals surface area contributed by atoms with Crippen LogP contribution in [0.5, 0.6) is 0 Å². The van der Waals surface area contributed by atoms with E-state index >= 15 is 0 Å². The Labute approximate surface area is 70.5 Å². The van der Waals surface area contributed by atoms with Crippen LogP contribution in [0.1, 0.15) is 40.4 Å². The van der Waals surface area contributed by atoms with Gasteiger partial charge >= 0.3 is 0 Å². The molecule has 0 unspecified atom stereocenters. The third-order valence-corrected chi connectivity index (χ3v) is 3.26. The fourth-order valence-corrected chi connectivity index (χ4v) is 2.53. The Kier molecular flexibility index (Phi) is 1.64. The minimum atomic E-state index is -0.0584. The number of fused-ring (bicyclic) bond motifs is 2. The first-order chi connectivity index (χ1) is 5.68. The predicted octanol–water partition coefficient (Wildman–Crippen LogP) is 2.60. The van der Waals surface area contributed by atoms with Crippen molar-refractivity contribution in [2.75, 3.05) is 13.2 Å². The second kappa shape index (κ2) is 2.78. The number of hydrogen-bond donors (Lipinski definition) is 0. The summed E-state index contributed by atoms with van der Waals surface area (Å²) in [6.45, 7) is 3.78. The zero-order valence-electron chi connectivity index (χ0n) is 8.36. The topological polar surface area (TPSA) is 9.23 Å². The minimum Gasteiger partial charge on any atom is -0.381 e. The van der Waals surface area contributed by atoms with Crippen molar-refractivity contribution < 1.29 is 6.11 Å². The van der Waals surface area contributed by atoms with Crippen LogP contribution in [-0.4, -0.2) is 13.2 Å². The van der Waals surface area contributed by atoms with Gasteiger partial charge in [0.05, 0.1) is 6.61 Å². The highest BCUT2D eigenvalue weighted by atomic mass is 16.5. The molecule has 2 bridgehead atoms. The van der Waals surface area contributed by atoms with Crippen LogP contribution in [0, 0.1) is 11.3 Å². The van der Waals surface area contributed by atoms with E-state index in [9.17, 15) is 0 Å². The second-order valence-corrected chi connectivity index (χ2v) is 4.06. The largest absolute Gasteiger partial charge is 0.381 e. The molecule has 2 aliphatic rings. The van der Waals surface area contributed by atoms with Gasteiger partial charge in [-0.15, -0.1) is 0 Å². The summed E-state index contributed by atoms with van der Waals surface area (Å²) < 4.78 is 13.6. The summed E-state index contributed by atoms with van der Waals surface area (Å²) in [6, 6.07) is 0. The van der Waals surface area contributed by atoms with Crippen LogP contribution in [0.4, 0.5) is 0 Å². The Bertz CT molecular complexity index is 171. The number of hydrogen-bond acceptors (Lipinski definition) is 1. The molecule has 0 atom stereocenters. The molecule has 0 heterocycles. The van der Waals surface area contributed by atoms with E-state index in [0.717, 1.165) is 32.5 Å². The van der Waals surface area contributed by atoms with E-state index in [-0.39, 0.29) is 5.89 Å². The van der Waals surface area contributed by atoms with Crippen molar-refractivity contribution in [1.82, 2.24) is 0 Å². The fourth-order valence-electron chi connectivity index (χ4n) is 2.53. The summed E-state index contributed by atoms with van der Waals surface area (Å²) in [4.78, 5) is 0. The van der Waals surface area contributed by atoms with Gasteiger partial charge < -0.3 is 4.74 Å². The van der Waals surface area contributed by atoms with Crippen molar-refractivity contribution in [3.63, 3.8) is 0 Å². The Morgan fingerprint density at radius 3 is 2.73 bits per heavy atom. The van der Waals surface area contributed by atoms with E-state index < -0.39 is 0 Å². The first-order valence-corrected chi connectivity index (χ1v) is 4.76. The Morgan fingerprint density at radius 2 is 2.27 bits per heavy atom. The van der Waals surface area contributed by atoms with E-state index in [2.05, 4.69) is 6.92 Å². The molecule has 1 heteroatoms. The van der Waals surface area contributed by atoms with Gasteiger partial charge in [0.25, 0.3) is 0 Å². The van der Waals surface area contributed by atoms with Crippen molar-refractivity contribution in [2.45, 2.75) is 39.0 Å². The normalized spacial score (nSPS) is 49.7. The fraction of sp³-hybridized carbons (Fsp3) is 1.00. The maximum Gasteiger partial charge on any atom is 0.0522 e. The summed E-state index contributed by atoms with van der Waals surface area (Å²) in [6.07, 6.45) is 5.78. The smallest absolute Gasteiger partial charge is 0.0522 e. The lowest BCUT2D eigenvalue weighted by atomic mass is 9.85. The molecule has 2 fully saturated rings. The summed E-state index contributed by atoms with van der Waals surface area (Å²) in [7, 11) is 0. The lowest BCUT2D eigenvalue weighted by molar-refractivity contribution is 0.0560. The van der Waals surface area contributed by atoms with E-state index in [1.165, 1.54) is 12.8 Å². The van der Waals surface area contributed by atoms with Crippen LogP contribution in [0.25, 0.3) is 0 Å². The zero-order chi connectivity index (χ0) is 8.66. The van der Waals surface area contributed by atoms with Crippen LogP contribution in [0.15, 0.2) is 0 Å². The van der Waals surface area contributed by atoms with Crippen molar-refractivity contribution in [3.8, 4) is 0 Å². The summed E-state index contributed by atoms with van der Waals surface area (Å²) in [5.41, 5.74) is 0.414. The molecular weight excluding hydrogens is 136 g/mol. The van der Waals surface area contributed by atoms with Gasteiger partial charge in [0.1, 0.15) is 0 Å². The number of ether oxygens (including phenoxy) is 1. The first kappa shape index (κ1) is 6.47. The molecule has 0 N–H and O–H groups in total. The standard InChI is InChI=1S/C10H18O/c1-2-11-8-10-5-3-9(7-10)4-6-10/h9H,2-8H2,1H3/i9D. The van der Waals surface area contributed by atoms with Gasteiger partial charge in [-0.1, -0.05) is 0 Å². The maximum absolute atomic E-state index is 8.08. The van der Waals surface area contributed by atoms with Crippen LogP contribution in [-0.2, 0) is 4.74 Å². The van der Waals surface area contributed by atoms with E-state index in [0.29, 0.717) is 5.41 Å². The SMILES string of the molecule is [2H]C12CCC(COCC)(CC1)C2. The predicted molar refractivity (Wildman–Crippen MR) is 45.5 cm³/mol. The van der Waals surface area contributed by atoms with Crippen LogP contribution in [0.3, 0.4) is 0 Å². The van der Waals surface area contributed by atoms with E-state index in [4.69, 9.17) is 6.11 Å². The minimum absolute atomic E-state index is 0.0584. The molecule has 0 spiro atoms. The molecule has 2 aliphatic carbocycles. The molecule has 0 aromatic rings. The summed E-state index contributed by atoms with van der Waals surface area (Å²) in [5, 5.41) is 0. The number of rotatable bonds is 3. The monoisotopic (exact) mass is 155 g/mol. The Balaban J connectivity index is 1.96. The highest BCUT2D eigenvalue weighted by Crippen LogP contribution is 2.53. The van der Waals surface area contributed by atoms with Gasteiger partial charge in [-0.05, 0) is 50.3 Å². The molecule has 0 radical (unpaired) electrons. The molecule has 0 saturated heterocycles. The Hall–Kier alpha value is -0.0400. The van der Waals surface area contributed by atoms with Gasteiger partial charge in [-0.25, -0.2) is 0 Å². The molecule has 0 aromatic carbocycles. The maximum atomic E-state index is 8.08. The van der Waals surface area contributed by atoms with Crippen LogP contribution in [0.2, 0.25) is 0 Å². The van der Waals surface area contributed by atoms with Crippen molar-refractivity contribution >= 4 is 0 Å².